The lowest BCUT2D eigenvalue weighted by molar-refractivity contribution is -0.113. The van der Waals surface area contributed by atoms with Gasteiger partial charge in [-0.25, -0.2) is 5.84 Å². The molecule has 4 heteroatoms. The molecule has 0 aromatic rings. The zero-order chi connectivity index (χ0) is 12.3. The Labute approximate surface area is 103 Å². The number of nitrogens with two attached hydrogens (primary N) is 2. The summed E-state index contributed by atoms with van der Waals surface area (Å²) in [5.74, 6) is 6.87. The SMILES string of the molecule is N/C(=C\N(N)C(C=O)C1CCCCC1)C1CC1. The van der Waals surface area contributed by atoms with Gasteiger partial charge in [-0.2, -0.15) is 0 Å². The van der Waals surface area contributed by atoms with Crippen molar-refractivity contribution >= 4 is 6.29 Å². The first-order valence-electron chi connectivity index (χ1n) is 6.68. The van der Waals surface area contributed by atoms with E-state index in [0.717, 1.165) is 37.7 Å². The third kappa shape index (κ3) is 3.22. The summed E-state index contributed by atoms with van der Waals surface area (Å²) in [6.07, 6.45) is 11.0. The lowest BCUT2D eigenvalue weighted by Gasteiger charge is -2.32. The van der Waals surface area contributed by atoms with Gasteiger partial charge in [0, 0.05) is 17.8 Å². The van der Waals surface area contributed by atoms with Crippen LogP contribution in [0, 0.1) is 11.8 Å². The number of allylic oxidation sites excluding steroid dienone is 1. The van der Waals surface area contributed by atoms with Crippen molar-refractivity contribution in [1.82, 2.24) is 5.01 Å². The highest BCUT2D eigenvalue weighted by Crippen LogP contribution is 2.34. The van der Waals surface area contributed by atoms with E-state index >= 15 is 0 Å². The van der Waals surface area contributed by atoms with Crippen molar-refractivity contribution in [1.29, 1.82) is 0 Å². The average Bonchev–Trinajstić information content (AvgIpc) is 3.15. The summed E-state index contributed by atoms with van der Waals surface area (Å²) in [7, 11) is 0. The number of nitrogens with zero attached hydrogens (tertiary/aromatic N) is 1. The normalized spacial score (nSPS) is 24.4. The molecule has 0 amide bonds. The maximum absolute atomic E-state index is 11.2. The third-order valence-corrected chi connectivity index (χ3v) is 3.96. The smallest absolute Gasteiger partial charge is 0.144 e. The Hall–Kier alpha value is -1.03. The van der Waals surface area contributed by atoms with Crippen molar-refractivity contribution in [2.75, 3.05) is 0 Å². The predicted molar refractivity (Wildman–Crippen MR) is 67.4 cm³/mol. The predicted octanol–water partition coefficient (Wildman–Crippen LogP) is 1.52. The number of carbonyl (C=O) groups excluding carboxylic acids is 1. The van der Waals surface area contributed by atoms with Gasteiger partial charge in [-0.3, -0.25) is 0 Å². The Morgan fingerprint density at radius 2 is 1.82 bits per heavy atom. The summed E-state index contributed by atoms with van der Waals surface area (Å²) in [5.41, 5.74) is 6.75. The second kappa shape index (κ2) is 5.54. The zero-order valence-electron chi connectivity index (χ0n) is 10.3. The van der Waals surface area contributed by atoms with Gasteiger partial charge in [0.15, 0.2) is 0 Å². The van der Waals surface area contributed by atoms with Gasteiger partial charge in [0.1, 0.15) is 12.3 Å². The second-order valence-corrected chi connectivity index (χ2v) is 5.38. The summed E-state index contributed by atoms with van der Waals surface area (Å²) < 4.78 is 0. The van der Waals surface area contributed by atoms with Crippen molar-refractivity contribution in [3.05, 3.63) is 11.9 Å². The summed E-state index contributed by atoms with van der Waals surface area (Å²) in [4.78, 5) is 11.2. The highest BCUT2D eigenvalue weighted by Gasteiger charge is 2.28. The molecule has 0 radical (unpaired) electrons. The van der Waals surface area contributed by atoms with Crippen LogP contribution in [0.3, 0.4) is 0 Å². The number of aldehydes is 1. The van der Waals surface area contributed by atoms with Crippen molar-refractivity contribution in [3.63, 3.8) is 0 Å². The first-order valence-corrected chi connectivity index (χ1v) is 6.68. The zero-order valence-corrected chi connectivity index (χ0v) is 10.3. The molecule has 2 fully saturated rings. The van der Waals surface area contributed by atoms with Crippen LogP contribution in [0.4, 0.5) is 0 Å². The molecular weight excluding hydrogens is 214 g/mol. The van der Waals surface area contributed by atoms with E-state index < -0.39 is 0 Å². The van der Waals surface area contributed by atoms with Crippen molar-refractivity contribution < 1.29 is 4.79 Å². The molecule has 2 saturated carbocycles. The van der Waals surface area contributed by atoms with Crippen LogP contribution < -0.4 is 11.6 Å². The maximum Gasteiger partial charge on any atom is 0.144 e. The molecule has 0 heterocycles. The van der Waals surface area contributed by atoms with Gasteiger partial charge < -0.3 is 15.5 Å². The average molecular weight is 237 g/mol. The Bertz CT molecular complexity index is 293. The van der Waals surface area contributed by atoms with E-state index in [1.807, 2.05) is 0 Å². The van der Waals surface area contributed by atoms with Gasteiger partial charge in [-0.05, 0) is 31.6 Å². The molecule has 0 aromatic heterocycles. The van der Waals surface area contributed by atoms with E-state index in [2.05, 4.69) is 0 Å². The molecule has 96 valence electrons. The number of rotatable bonds is 5. The number of hydrazine groups is 1. The van der Waals surface area contributed by atoms with Crippen LogP contribution in [0.1, 0.15) is 44.9 Å². The Balaban J connectivity index is 1.95. The van der Waals surface area contributed by atoms with Crippen molar-refractivity contribution in [3.8, 4) is 0 Å². The number of carbonyl (C=O) groups is 1. The highest BCUT2D eigenvalue weighted by molar-refractivity contribution is 5.58. The molecule has 17 heavy (non-hydrogen) atoms. The molecule has 1 unspecified atom stereocenters. The molecule has 2 rings (SSSR count). The maximum atomic E-state index is 11.2. The first kappa shape index (κ1) is 12.4. The molecule has 2 aliphatic carbocycles. The van der Waals surface area contributed by atoms with Gasteiger partial charge in [0.25, 0.3) is 0 Å². The minimum absolute atomic E-state index is 0.201. The first-order chi connectivity index (χ1) is 8.22. The largest absolute Gasteiger partial charge is 0.401 e. The summed E-state index contributed by atoms with van der Waals surface area (Å²) in [6, 6.07) is -0.201. The fourth-order valence-corrected chi connectivity index (χ4v) is 2.68. The lowest BCUT2D eigenvalue weighted by atomic mass is 9.84. The third-order valence-electron chi connectivity index (χ3n) is 3.96. The van der Waals surface area contributed by atoms with E-state index in [4.69, 9.17) is 11.6 Å². The van der Waals surface area contributed by atoms with Crippen molar-refractivity contribution in [2.45, 2.75) is 51.0 Å². The molecule has 4 nitrogen and oxygen atoms in total. The molecule has 0 aliphatic heterocycles. The molecule has 0 bridgehead atoms. The summed E-state index contributed by atoms with van der Waals surface area (Å²) in [5, 5.41) is 1.54. The fourth-order valence-electron chi connectivity index (χ4n) is 2.68. The Morgan fingerprint density at radius 3 is 2.35 bits per heavy atom. The van der Waals surface area contributed by atoms with Gasteiger partial charge in [-0.15, -0.1) is 0 Å². The Kier molecular flexibility index (Phi) is 4.05. The van der Waals surface area contributed by atoms with E-state index in [1.165, 1.54) is 24.3 Å². The molecule has 2 aliphatic rings. The van der Waals surface area contributed by atoms with Crippen LogP contribution >= 0.6 is 0 Å². The minimum Gasteiger partial charge on any atom is -0.401 e. The van der Waals surface area contributed by atoms with Crippen LogP contribution in [0.2, 0.25) is 0 Å². The van der Waals surface area contributed by atoms with E-state index in [9.17, 15) is 4.79 Å². The minimum atomic E-state index is -0.201. The van der Waals surface area contributed by atoms with Crippen LogP contribution in [-0.2, 0) is 4.79 Å². The van der Waals surface area contributed by atoms with E-state index in [-0.39, 0.29) is 6.04 Å². The van der Waals surface area contributed by atoms with Crippen LogP contribution in [0.25, 0.3) is 0 Å². The monoisotopic (exact) mass is 237 g/mol. The summed E-state index contributed by atoms with van der Waals surface area (Å²) in [6.45, 7) is 0. The molecule has 0 spiro atoms. The van der Waals surface area contributed by atoms with Gasteiger partial charge >= 0.3 is 0 Å². The van der Waals surface area contributed by atoms with Gasteiger partial charge in [0.05, 0.1) is 0 Å². The number of hydrogen-bond donors (Lipinski definition) is 2. The Morgan fingerprint density at radius 1 is 1.18 bits per heavy atom. The van der Waals surface area contributed by atoms with Crippen LogP contribution in [-0.4, -0.2) is 17.3 Å². The quantitative estimate of drug-likeness (QED) is 0.432. The van der Waals surface area contributed by atoms with Gasteiger partial charge in [-0.1, -0.05) is 19.3 Å². The van der Waals surface area contributed by atoms with E-state index in [1.54, 1.807) is 6.20 Å². The molecule has 4 N–H and O–H groups in total. The van der Waals surface area contributed by atoms with E-state index in [0.29, 0.717) is 11.8 Å². The van der Waals surface area contributed by atoms with Gasteiger partial charge in [0.2, 0.25) is 0 Å². The van der Waals surface area contributed by atoms with Crippen LogP contribution in [0.5, 0.6) is 0 Å². The molecule has 0 saturated heterocycles. The molecule has 1 atom stereocenters. The highest BCUT2D eigenvalue weighted by atomic mass is 16.1. The summed E-state index contributed by atoms with van der Waals surface area (Å²) >= 11 is 0. The lowest BCUT2D eigenvalue weighted by Crippen LogP contribution is -2.44. The standard InChI is InChI=1S/C13H23N3O/c14-12(10-6-7-10)8-16(15)13(9-17)11-4-2-1-3-5-11/h8-11,13H,1-7,14-15H2/b12-8-. The topological polar surface area (TPSA) is 72.3 Å². The van der Waals surface area contributed by atoms with Crippen LogP contribution in [0.15, 0.2) is 11.9 Å². The fraction of sp³-hybridized carbons (Fsp3) is 0.769. The molecular formula is C13H23N3O. The molecule has 0 aromatic carbocycles. The number of hydrogen-bond acceptors (Lipinski definition) is 4. The van der Waals surface area contributed by atoms with Crippen molar-refractivity contribution in [2.24, 2.45) is 23.4 Å². The second-order valence-electron chi connectivity index (χ2n) is 5.38.